The first kappa shape index (κ1) is 34.7. The van der Waals surface area contributed by atoms with Crippen molar-refractivity contribution in [2.45, 2.75) is 89.6 Å². The highest BCUT2D eigenvalue weighted by atomic mass is 16.6. The summed E-state index contributed by atoms with van der Waals surface area (Å²) in [7, 11) is 0. The minimum atomic E-state index is -0.203. The Labute approximate surface area is 309 Å². The molecule has 3 aliphatic rings. The van der Waals surface area contributed by atoms with Crippen molar-refractivity contribution in [3.8, 4) is 5.75 Å². The van der Waals surface area contributed by atoms with Crippen LogP contribution in [0.15, 0.2) is 127 Å². The number of ether oxygens (including phenoxy) is 4. The Balaban J connectivity index is 1.08. The van der Waals surface area contributed by atoms with E-state index in [0.29, 0.717) is 25.7 Å². The van der Waals surface area contributed by atoms with Crippen LogP contribution in [0.25, 0.3) is 0 Å². The van der Waals surface area contributed by atoms with Crippen LogP contribution in [0.4, 0.5) is 5.69 Å². The smallest absolute Gasteiger partial charge is 0.142 e. The lowest BCUT2D eigenvalue weighted by Crippen LogP contribution is -2.51. The van der Waals surface area contributed by atoms with E-state index in [4.69, 9.17) is 18.9 Å². The summed E-state index contributed by atoms with van der Waals surface area (Å²) in [6.07, 6.45) is 3.76. The van der Waals surface area contributed by atoms with Gasteiger partial charge >= 0.3 is 0 Å². The molecule has 0 radical (unpaired) electrons. The molecule has 5 aromatic rings. The van der Waals surface area contributed by atoms with Gasteiger partial charge < -0.3 is 23.8 Å². The molecule has 1 saturated heterocycles. The molecule has 268 valence electrons. The molecule has 1 saturated carbocycles. The molecule has 0 bridgehead atoms. The topological polar surface area (TPSA) is 40.2 Å². The van der Waals surface area contributed by atoms with Gasteiger partial charge in [0.05, 0.1) is 43.8 Å². The van der Waals surface area contributed by atoms with Crippen molar-refractivity contribution in [2.75, 3.05) is 18.1 Å². The zero-order valence-corrected chi connectivity index (χ0v) is 30.5. The fraction of sp³-hybridized carbons (Fsp3) is 0.362. The highest BCUT2D eigenvalue weighted by Gasteiger charge is 2.45. The van der Waals surface area contributed by atoms with Crippen molar-refractivity contribution in [1.82, 2.24) is 0 Å². The lowest BCUT2D eigenvalue weighted by atomic mass is 9.82. The maximum absolute atomic E-state index is 7.09. The second-order valence-electron chi connectivity index (χ2n) is 14.9. The Morgan fingerprint density at radius 2 is 1.35 bits per heavy atom. The van der Waals surface area contributed by atoms with Crippen LogP contribution in [0.1, 0.15) is 84.1 Å². The predicted octanol–water partition coefficient (Wildman–Crippen LogP) is 10.2. The van der Waals surface area contributed by atoms with Crippen LogP contribution in [-0.2, 0) is 40.4 Å². The Bertz CT molecular complexity index is 1890. The van der Waals surface area contributed by atoms with Crippen LogP contribution in [0.2, 0.25) is 0 Å². The van der Waals surface area contributed by atoms with Crippen molar-refractivity contribution >= 4 is 5.69 Å². The summed E-state index contributed by atoms with van der Waals surface area (Å²) in [5.74, 6) is 1.73. The number of nitrogens with zero attached hydrogens (tertiary/aromatic N) is 1. The third-order valence-corrected chi connectivity index (χ3v) is 11.1. The number of fused-ring (bicyclic) bond motifs is 1. The van der Waals surface area contributed by atoms with Crippen molar-refractivity contribution in [1.29, 1.82) is 0 Å². The molecule has 5 atom stereocenters. The Morgan fingerprint density at radius 1 is 0.692 bits per heavy atom. The van der Waals surface area contributed by atoms with Crippen LogP contribution in [-0.4, -0.2) is 31.5 Å². The van der Waals surface area contributed by atoms with Gasteiger partial charge in [0, 0.05) is 12.5 Å². The van der Waals surface area contributed by atoms with Crippen molar-refractivity contribution in [2.24, 2.45) is 5.92 Å². The summed E-state index contributed by atoms with van der Waals surface area (Å²) < 4.78 is 26.8. The SMILES string of the molecule is CC[C@H]1O[C@@H](c2ccc(C3CC3)c(Cc3ccc4c(c3)N(Cc3ccccc3)CCO4)c2)[C@H](OCc2ccccc2)[C@@H](C)[C@@H]1OCc1ccccc1. The first-order chi connectivity index (χ1) is 25.6. The van der Waals surface area contributed by atoms with Crippen molar-refractivity contribution < 1.29 is 18.9 Å². The summed E-state index contributed by atoms with van der Waals surface area (Å²) in [5, 5.41) is 0. The number of hydrogen-bond acceptors (Lipinski definition) is 5. The van der Waals surface area contributed by atoms with E-state index in [2.05, 4.69) is 140 Å². The summed E-state index contributed by atoms with van der Waals surface area (Å²) in [4.78, 5) is 2.46. The molecule has 5 heteroatoms. The number of rotatable bonds is 13. The summed E-state index contributed by atoms with van der Waals surface area (Å²) >= 11 is 0. The molecule has 0 N–H and O–H groups in total. The normalized spacial score (nSPS) is 22.8. The molecule has 0 unspecified atom stereocenters. The van der Waals surface area contributed by atoms with E-state index in [9.17, 15) is 0 Å². The monoisotopic (exact) mass is 693 g/mol. The van der Waals surface area contributed by atoms with Crippen molar-refractivity contribution in [3.63, 3.8) is 0 Å². The predicted molar refractivity (Wildman–Crippen MR) is 208 cm³/mol. The first-order valence-corrected chi connectivity index (χ1v) is 19.3. The lowest BCUT2D eigenvalue weighted by Gasteiger charge is -2.46. The molecule has 8 rings (SSSR count). The fourth-order valence-electron chi connectivity index (χ4n) is 8.14. The van der Waals surface area contributed by atoms with E-state index in [1.807, 2.05) is 6.07 Å². The molecule has 2 heterocycles. The van der Waals surface area contributed by atoms with Gasteiger partial charge in [0.1, 0.15) is 18.5 Å². The second-order valence-corrected chi connectivity index (χ2v) is 14.9. The van der Waals surface area contributed by atoms with E-state index in [0.717, 1.165) is 37.2 Å². The highest BCUT2D eigenvalue weighted by molar-refractivity contribution is 5.62. The highest BCUT2D eigenvalue weighted by Crippen LogP contribution is 2.45. The molecule has 0 aromatic heterocycles. The Morgan fingerprint density at radius 3 is 2.00 bits per heavy atom. The number of benzene rings is 5. The van der Waals surface area contributed by atoms with Gasteiger partial charge in [-0.25, -0.2) is 0 Å². The summed E-state index contributed by atoms with van der Waals surface area (Å²) in [6.45, 7) is 8.05. The van der Waals surface area contributed by atoms with E-state index < -0.39 is 0 Å². The maximum Gasteiger partial charge on any atom is 0.142 e. The maximum atomic E-state index is 7.09. The third kappa shape index (κ3) is 7.97. The minimum absolute atomic E-state index is 0.0388. The zero-order valence-electron chi connectivity index (χ0n) is 30.5. The van der Waals surface area contributed by atoms with Crippen LogP contribution in [0.5, 0.6) is 5.75 Å². The van der Waals surface area contributed by atoms with Crippen LogP contribution in [0, 0.1) is 5.92 Å². The largest absolute Gasteiger partial charge is 0.490 e. The van der Waals surface area contributed by atoms with Gasteiger partial charge in [0.25, 0.3) is 0 Å². The van der Waals surface area contributed by atoms with Gasteiger partial charge in [-0.05, 0) is 82.7 Å². The van der Waals surface area contributed by atoms with Gasteiger partial charge in [-0.1, -0.05) is 129 Å². The molecular weight excluding hydrogens is 643 g/mol. The quantitative estimate of drug-likeness (QED) is 0.123. The van der Waals surface area contributed by atoms with E-state index >= 15 is 0 Å². The summed E-state index contributed by atoms with van der Waals surface area (Å²) in [6, 6.07) is 45.5. The lowest BCUT2D eigenvalue weighted by molar-refractivity contribution is -0.232. The molecule has 0 spiro atoms. The average Bonchev–Trinajstić information content (AvgIpc) is 4.04. The standard InChI is InChI=1S/C47H51NO4/c1-3-43-45(50-31-35-15-9-5-10-16-35)33(2)46(51-32-36-17-11-6-12-18-36)47(52-43)39-22-23-41(38-20-21-38)40(29-39)27-37-19-24-44-42(28-37)48(25-26-49-44)30-34-13-7-4-8-14-34/h4-19,22-24,28-29,33,38,43,45-47H,3,20-21,25-27,30-32H2,1-2H3/t33-,43+,45-,46+,47-/m0/s1. The minimum Gasteiger partial charge on any atom is -0.490 e. The summed E-state index contributed by atoms with van der Waals surface area (Å²) in [5.41, 5.74) is 10.2. The zero-order chi connectivity index (χ0) is 35.3. The van der Waals surface area contributed by atoms with Gasteiger partial charge in [0.2, 0.25) is 0 Å². The fourth-order valence-corrected chi connectivity index (χ4v) is 8.14. The molecular formula is C47H51NO4. The molecule has 1 aliphatic carbocycles. The first-order valence-electron chi connectivity index (χ1n) is 19.3. The third-order valence-electron chi connectivity index (χ3n) is 11.1. The van der Waals surface area contributed by atoms with Crippen LogP contribution < -0.4 is 9.64 Å². The number of anilines is 1. The second kappa shape index (κ2) is 16.1. The number of hydrogen-bond donors (Lipinski definition) is 0. The van der Waals surface area contributed by atoms with E-state index in [1.54, 1.807) is 0 Å². The Kier molecular flexibility index (Phi) is 10.7. The molecule has 52 heavy (non-hydrogen) atoms. The van der Waals surface area contributed by atoms with Gasteiger partial charge in [-0.3, -0.25) is 0 Å². The molecule has 5 aromatic carbocycles. The Hall–Kier alpha value is -4.42. The molecule has 5 nitrogen and oxygen atoms in total. The van der Waals surface area contributed by atoms with E-state index in [-0.39, 0.29) is 30.3 Å². The average molecular weight is 694 g/mol. The van der Waals surface area contributed by atoms with Crippen LogP contribution >= 0.6 is 0 Å². The van der Waals surface area contributed by atoms with Gasteiger partial charge in [-0.15, -0.1) is 0 Å². The van der Waals surface area contributed by atoms with Gasteiger partial charge in [0.15, 0.2) is 0 Å². The molecule has 2 fully saturated rings. The van der Waals surface area contributed by atoms with E-state index in [1.165, 1.54) is 51.9 Å². The molecule has 2 aliphatic heterocycles. The van der Waals surface area contributed by atoms with Gasteiger partial charge in [-0.2, -0.15) is 0 Å². The van der Waals surface area contributed by atoms with Crippen LogP contribution in [0.3, 0.4) is 0 Å². The van der Waals surface area contributed by atoms with Crippen molar-refractivity contribution in [3.05, 3.63) is 166 Å². The molecule has 0 amide bonds.